The summed E-state index contributed by atoms with van der Waals surface area (Å²) in [5.74, 6) is 0.297. The summed E-state index contributed by atoms with van der Waals surface area (Å²) in [5, 5.41) is 20.1. The first-order valence-corrected chi connectivity index (χ1v) is 9.08. The number of nitrogens with zero attached hydrogens (tertiary/aromatic N) is 4. The predicted molar refractivity (Wildman–Crippen MR) is 103 cm³/mol. The molecule has 1 aromatic heterocycles. The normalized spacial score (nSPS) is 11.9. The zero-order chi connectivity index (χ0) is 19.4. The Morgan fingerprint density at radius 1 is 1.30 bits per heavy atom. The van der Waals surface area contributed by atoms with E-state index < -0.39 is 4.92 Å². The maximum absolute atomic E-state index is 13.2. The van der Waals surface area contributed by atoms with Gasteiger partial charge in [-0.3, -0.25) is 14.7 Å². The standard InChI is InChI=1S/C19H17FN4O2S/c1-3-11-23-18(14-7-9-16(20)10-8-14)21-22-19(23)27-13(2)15-5-4-6-17(12-15)24(25)26/h3-10,12-13H,1,11H2,2H3/t13-/m1/s1. The molecule has 0 radical (unpaired) electrons. The van der Waals surface area contributed by atoms with Crippen molar-refractivity contribution in [2.24, 2.45) is 0 Å². The smallest absolute Gasteiger partial charge is 0.269 e. The van der Waals surface area contributed by atoms with E-state index in [0.717, 1.165) is 11.1 Å². The average Bonchev–Trinajstić information content (AvgIpc) is 3.05. The Hall–Kier alpha value is -3.00. The van der Waals surface area contributed by atoms with Crippen molar-refractivity contribution in [3.05, 3.63) is 82.7 Å². The molecule has 0 fully saturated rings. The highest BCUT2D eigenvalue weighted by Crippen LogP contribution is 2.36. The van der Waals surface area contributed by atoms with Gasteiger partial charge in [-0.25, -0.2) is 4.39 Å². The molecule has 0 aliphatic heterocycles. The van der Waals surface area contributed by atoms with E-state index in [0.29, 0.717) is 17.5 Å². The molecule has 0 aliphatic carbocycles. The van der Waals surface area contributed by atoms with Crippen molar-refractivity contribution in [3.8, 4) is 11.4 Å². The van der Waals surface area contributed by atoms with Gasteiger partial charge in [0.05, 0.1) is 4.92 Å². The fraction of sp³-hybridized carbons (Fsp3) is 0.158. The van der Waals surface area contributed by atoms with Crippen LogP contribution in [0.4, 0.5) is 10.1 Å². The van der Waals surface area contributed by atoms with Crippen molar-refractivity contribution in [2.75, 3.05) is 0 Å². The van der Waals surface area contributed by atoms with Gasteiger partial charge in [0, 0.05) is 29.5 Å². The molecule has 1 heterocycles. The first-order valence-electron chi connectivity index (χ1n) is 8.20. The zero-order valence-electron chi connectivity index (χ0n) is 14.6. The Kier molecular flexibility index (Phi) is 5.66. The van der Waals surface area contributed by atoms with Crippen molar-refractivity contribution < 1.29 is 9.31 Å². The summed E-state index contributed by atoms with van der Waals surface area (Å²) in [6.07, 6.45) is 1.73. The highest BCUT2D eigenvalue weighted by atomic mass is 32.2. The summed E-state index contributed by atoms with van der Waals surface area (Å²) in [6, 6.07) is 12.6. The Labute approximate surface area is 159 Å². The van der Waals surface area contributed by atoms with Crippen LogP contribution in [-0.2, 0) is 6.54 Å². The second kappa shape index (κ2) is 8.13. The molecule has 0 aliphatic rings. The summed E-state index contributed by atoms with van der Waals surface area (Å²) in [6.45, 7) is 6.22. The number of benzene rings is 2. The summed E-state index contributed by atoms with van der Waals surface area (Å²) < 4.78 is 15.1. The summed E-state index contributed by atoms with van der Waals surface area (Å²) in [7, 11) is 0. The average molecular weight is 384 g/mol. The lowest BCUT2D eigenvalue weighted by atomic mass is 10.1. The molecule has 0 saturated carbocycles. The van der Waals surface area contributed by atoms with E-state index in [2.05, 4.69) is 16.8 Å². The van der Waals surface area contributed by atoms with E-state index in [-0.39, 0.29) is 16.8 Å². The molecule has 0 bridgehead atoms. The van der Waals surface area contributed by atoms with Crippen LogP contribution in [0, 0.1) is 15.9 Å². The molecule has 0 amide bonds. The Morgan fingerprint density at radius 2 is 2.04 bits per heavy atom. The first kappa shape index (κ1) is 18.8. The van der Waals surface area contributed by atoms with Crippen LogP contribution < -0.4 is 0 Å². The van der Waals surface area contributed by atoms with Gasteiger partial charge >= 0.3 is 0 Å². The van der Waals surface area contributed by atoms with Crippen LogP contribution in [-0.4, -0.2) is 19.7 Å². The Bertz CT molecular complexity index is 972. The number of nitro groups is 1. The summed E-state index contributed by atoms with van der Waals surface area (Å²) >= 11 is 1.45. The van der Waals surface area contributed by atoms with Crippen LogP contribution in [0.5, 0.6) is 0 Å². The zero-order valence-corrected chi connectivity index (χ0v) is 15.4. The molecule has 2 aromatic carbocycles. The fourth-order valence-corrected chi connectivity index (χ4v) is 3.57. The third kappa shape index (κ3) is 4.22. The van der Waals surface area contributed by atoms with E-state index in [1.54, 1.807) is 30.3 Å². The minimum atomic E-state index is -0.409. The van der Waals surface area contributed by atoms with Gasteiger partial charge in [-0.2, -0.15) is 0 Å². The van der Waals surface area contributed by atoms with Gasteiger partial charge in [0.25, 0.3) is 5.69 Å². The number of allylic oxidation sites excluding steroid dienone is 1. The van der Waals surface area contributed by atoms with Crippen LogP contribution >= 0.6 is 11.8 Å². The molecule has 0 spiro atoms. The van der Waals surface area contributed by atoms with E-state index in [1.165, 1.54) is 30.0 Å². The lowest BCUT2D eigenvalue weighted by molar-refractivity contribution is -0.384. The van der Waals surface area contributed by atoms with Crippen molar-refractivity contribution in [3.63, 3.8) is 0 Å². The number of aromatic nitrogens is 3. The molecule has 1 atom stereocenters. The third-order valence-electron chi connectivity index (χ3n) is 3.96. The number of thioether (sulfide) groups is 1. The molecule has 138 valence electrons. The lowest BCUT2D eigenvalue weighted by Crippen LogP contribution is -2.02. The van der Waals surface area contributed by atoms with Crippen molar-refractivity contribution >= 4 is 17.4 Å². The SMILES string of the molecule is C=CCn1c(S[C@H](C)c2cccc([N+](=O)[O-])c2)nnc1-c1ccc(F)cc1. The quantitative estimate of drug-likeness (QED) is 0.247. The third-order valence-corrected chi connectivity index (χ3v) is 5.10. The van der Waals surface area contributed by atoms with Gasteiger partial charge in [0.15, 0.2) is 11.0 Å². The van der Waals surface area contributed by atoms with Crippen molar-refractivity contribution in [1.82, 2.24) is 14.8 Å². The van der Waals surface area contributed by atoms with Gasteiger partial charge in [-0.05, 0) is 36.8 Å². The van der Waals surface area contributed by atoms with Gasteiger partial charge in [-0.15, -0.1) is 16.8 Å². The minimum absolute atomic E-state index is 0.0551. The topological polar surface area (TPSA) is 73.8 Å². The number of hydrogen-bond donors (Lipinski definition) is 0. The van der Waals surface area contributed by atoms with Crippen LogP contribution in [0.2, 0.25) is 0 Å². The number of halogens is 1. The van der Waals surface area contributed by atoms with Gasteiger partial charge < -0.3 is 0 Å². The number of non-ortho nitro benzene ring substituents is 1. The van der Waals surface area contributed by atoms with Crippen LogP contribution in [0.3, 0.4) is 0 Å². The van der Waals surface area contributed by atoms with Crippen LogP contribution in [0.1, 0.15) is 17.7 Å². The maximum Gasteiger partial charge on any atom is 0.269 e. The van der Waals surface area contributed by atoms with E-state index in [4.69, 9.17) is 0 Å². The Morgan fingerprint density at radius 3 is 2.70 bits per heavy atom. The molecule has 8 heteroatoms. The van der Waals surface area contributed by atoms with Crippen LogP contribution in [0.25, 0.3) is 11.4 Å². The number of rotatable bonds is 7. The first-order chi connectivity index (χ1) is 13.0. The van der Waals surface area contributed by atoms with Gasteiger partial charge in [0.1, 0.15) is 5.82 Å². The molecule has 0 N–H and O–H groups in total. The van der Waals surface area contributed by atoms with Crippen molar-refractivity contribution in [1.29, 1.82) is 0 Å². The Balaban J connectivity index is 1.90. The second-order valence-electron chi connectivity index (χ2n) is 5.82. The number of nitro benzene ring substituents is 1. The lowest BCUT2D eigenvalue weighted by Gasteiger charge is -2.12. The summed E-state index contributed by atoms with van der Waals surface area (Å²) in [5.41, 5.74) is 1.63. The molecule has 3 rings (SSSR count). The molecule has 6 nitrogen and oxygen atoms in total. The summed E-state index contributed by atoms with van der Waals surface area (Å²) in [4.78, 5) is 10.6. The fourth-order valence-electron chi connectivity index (χ4n) is 2.60. The number of hydrogen-bond acceptors (Lipinski definition) is 5. The predicted octanol–water partition coefficient (Wildman–Crippen LogP) is 5.03. The molecule has 27 heavy (non-hydrogen) atoms. The van der Waals surface area contributed by atoms with Gasteiger partial charge in [-0.1, -0.05) is 30.0 Å². The maximum atomic E-state index is 13.2. The molecular formula is C19H17FN4O2S. The molecular weight excluding hydrogens is 367 g/mol. The van der Waals surface area contributed by atoms with E-state index >= 15 is 0 Å². The second-order valence-corrected chi connectivity index (χ2v) is 7.13. The van der Waals surface area contributed by atoms with Crippen LogP contribution in [0.15, 0.2) is 66.3 Å². The van der Waals surface area contributed by atoms with E-state index in [1.807, 2.05) is 17.6 Å². The molecule has 0 unspecified atom stereocenters. The minimum Gasteiger partial charge on any atom is -0.298 e. The van der Waals surface area contributed by atoms with Crippen molar-refractivity contribution in [2.45, 2.75) is 23.9 Å². The monoisotopic (exact) mass is 384 g/mol. The molecule has 3 aromatic rings. The molecule has 0 saturated heterocycles. The highest BCUT2D eigenvalue weighted by molar-refractivity contribution is 7.99. The van der Waals surface area contributed by atoms with E-state index in [9.17, 15) is 14.5 Å². The highest BCUT2D eigenvalue weighted by Gasteiger charge is 2.18. The van der Waals surface area contributed by atoms with Gasteiger partial charge in [0.2, 0.25) is 0 Å². The largest absolute Gasteiger partial charge is 0.298 e.